The predicted octanol–water partition coefficient (Wildman–Crippen LogP) is 2.40. The molecule has 1 aromatic rings. The minimum absolute atomic E-state index is 0.0270. The molecule has 1 saturated carbocycles. The van der Waals surface area contributed by atoms with Crippen molar-refractivity contribution in [3.63, 3.8) is 0 Å². The van der Waals surface area contributed by atoms with Crippen LogP contribution in [0, 0.1) is 5.82 Å². The normalized spacial score (nSPS) is 15.8. The van der Waals surface area contributed by atoms with E-state index in [1.807, 2.05) is 0 Å². The minimum Gasteiger partial charge on any atom is -0.396 e. The summed E-state index contributed by atoms with van der Waals surface area (Å²) in [6.45, 7) is 0.347. The molecule has 112 valence electrons. The van der Waals surface area contributed by atoms with E-state index in [0.717, 1.165) is 25.0 Å². The van der Waals surface area contributed by atoms with Crippen LogP contribution in [0.5, 0.6) is 0 Å². The molecule has 1 fully saturated rings. The number of hydrogen-bond donors (Lipinski definition) is 1. The highest BCUT2D eigenvalue weighted by Crippen LogP contribution is 2.34. The quantitative estimate of drug-likeness (QED) is 0.785. The van der Waals surface area contributed by atoms with Gasteiger partial charge in [-0.3, -0.25) is 0 Å². The van der Waals surface area contributed by atoms with Gasteiger partial charge in [-0.15, -0.1) is 0 Å². The Bertz CT molecular complexity index is 575. The van der Waals surface area contributed by atoms with Gasteiger partial charge in [0, 0.05) is 19.2 Å². The van der Waals surface area contributed by atoms with Gasteiger partial charge in [0.15, 0.2) is 0 Å². The second-order valence-corrected chi connectivity index (χ2v) is 7.12. The molecule has 7 heteroatoms. The van der Waals surface area contributed by atoms with E-state index in [1.54, 1.807) is 0 Å². The first kappa shape index (κ1) is 15.7. The number of unbranched alkanes of at least 4 members (excludes halogenated alkanes) is 1. The van der Waals surface area contributed by atoms with Crippen molar-refractivity contribution in [2.45, 2.75) is 36.6 Å². The largest absolute Gasteiger partial charge is 0.396 e. The van der Waals surface area contributed by atoms with Crippen LogP contribution in [0.25, 0.3) is 0 Å². The second-order valence-electron chi connectivity index (χ2n) is 4.85. The van der Waals surface area contributed by atoms with Gasteiger partial charge in [-0.1, -0.05) is 11.6 Å². The molecule has 1 aliphatic rings. The zero-order valence-corrected chi connectivity index (χ0v) is 12.5. The Balaban J connectivity index is 2.27. The van der Waals surface area contributed by atoms with Gasteiger partial charge in [-0.05, 0) is 43.9 Å². The monoisotopic (exact) mass is 321 g/mol. The van der Waals surface area contributed by atoms with Gasteiger partial charge in [0.1, 0.15) is 10.7 Å². The van der Waals surface area contributed by atoms with Crippen molar-refractivity contribution >= 4 is 21.6 Å². The number of rotatable bonds is 7. The standard InChI is InChI=1S/C13H17ClFNO3S/c14-12-6-3-10(15)9-13(12)20(18,19)16(11-4-5-11)7-1-2-8-17/h3,6,9,11,17H,1-2,4-5,7-8H2. The summed E-state index contributed by atoms with van der Waals surface area (Å²) in [7, 11) is -3.79. The number of sulfonamides is 1. The Morgan fingerprint density at radius 1 is 1.35 bits per heavy atom. The molecule has 0 atom stereocenters. The lowest BCUT2D eigenvalue weighted by Crippen LogP contribution is -2.34. The fourth-order valence-corrected chi connectivity index (χ4v) is 4.25. The van der Waals surface area contributed by atoms with Crippen LogP contribution in [0.15, 0.2) is 23.1 Å². The Morgan fingerprint density at radius 2 is 2.05 bits per heavy atom. The lowest BCUT2D eigenvalue weighted by atomic mass is 10.3. The SMILES string of the molecule is O=S(=O)(c1cc(F)ccc1Cl)N(CCCCO)C1CC1. The molecule has 1 aromatic carbocycles. The first-order valence-electron chi connectivity index (χ1n) is 6.54. The van der Waals surface area contributed by atoms with Gasteiger partial charge < -0.3 is 5.11 Å². The molecular weight excluding hydrogens is 305 g/mol. The fraction of sp³-hybridized carbons (Fsp3) is 0.538. The van der Waals surface area contributed by atoms with Gasteiger partial charge in [0.2, 0.25) is 10.0 Å². The van der Waals surface area contributed by atoms with Gasteiger partial charge in [-0.25, -0.2) is 12.8 Å². The molecule has 1 N–H and O–H groups in total. The highest BCUT2D eigenvalue weighted by atomic mass is 35.5. The van der Waals surface area contributed by atoms with Crippen molar-refractivity contribution in [3.05, 3.63) is 29.0 Å². The zero-order chi connectivity index (χ0) is 14.8. The van der Waals surface area contributed by atoms with Crippen LogP contribution in [0.4, 0.5) is 4.39 Å². The van der Waals surface area contributed by atoms with Crippen molar-refractivity contribution in [1.82, 2.24) is 4.31 Å². The van der Waals surface area contributed by atoms with Gasteiger partial charge in [0.25, 0.3) is 0 Å². The van der Waals surface area contributed by atoms with E-state index in [-0.39, 0.29) is 22.6 Å². The average molecular weight is 322 g/mol. The molecule has 0 bridgehead atoms. The van der Waals surface area contributed by atoms with Crippen LogP contribution >= 0.6 is 11.6 Å². The van der Waals surface area contributed by atoms with Crippen molar-refractivity contribution in [3.8, 4) is 0 Å². The molecule has 20 heavy (non-hydrogen) atoms. The smallest absolute Gasteiger partial charge is 0.244 e. The fourth-order valence-electron chi connectivity index (χ4n) is 2.04. The zero-order valence-electron chi connectivity index (χ0n) is 10.9. The van der Waals surface area contributed by atoms with E-state index in [4.69, 9.17) is 16.7 Å². The molecular formula is C13H17ClFNO3S. The summed E-state index contributed by atoms with van der Waals surface area (Å²) >= 11 is 5.90. The van der Waals surface area contributed by atoms with E-state index in [2.05, 4.69) is 0 Å². The van der Waals surface area contributed by atoms with Gasteiger partial charge >= 0.3 is 0 Å². The molecule has 2 rings (SSSR count). The maximum atomic E-state index is 13.3. The molecule has 0 amide bonds. The number of aliphatic hydroxyl groups excluding tert-OH is 1. The average Bonchev–Trinajstić information content (AvgIpc) is 3.21. The molecule has 0 aromatic heterocycles. The molecule has 0 radical (unpaired) electrons. The lowest BCUT2D eigenvalue weighted by molar-refractivity contribution is 0.275. The minimum atomic E-state index is -3.79. The van der Waals surface area contributed by atoms with Crippen LogP contribution < -0.4 is 0 Å². The summed E-state index contributed by atoms with van der Waals surface area (Å²) in [5, 5.41) is 8.82. The van der Waals surface area contributed by atoms with Gasteiger partial charge in [-0.2, -0.15) is 4.31 Å². The highest BCUT2D eigenvalue weighted by Gasteiger charge is 2.38. The van der Waals surface area contributed by atoms with Crippen molar-refractivity contribution < 1.29 is 17.9 Å². The Labute approximate surface area is 123 Å². The number of benzene rings is 1. The van der Waals surface area contributed by atoms with Crippen LogP contribution in [0.1, 0.15) is 25.7 Å². The van der Waals surface area contributed by atoms with Crippen LogP contribution in [0.2, 0.25) is 5.02 Å². The summed E-state index contributed by atoms with van der Waals surface area (Å²) in [6, 6.07) is 3.31. The molecule has 0 aliphatic heterocycles. The maximum absolute atomic E-state index is 13.3. The van der Waals surface area contributed by atoms with E-state index in [9.17, 15) is 12.8 Å². The lowest BCUT2D eigenvalue weighted by Gasteiger charge is -2.22. The number of aliphatic hydroxyl groups is 1. The molecule has 4 nitrogen and oxygen atoms in total. The van der Waals surface area contributed by atoms with Crippen molar-refractivity contribution in [2.75, 3.05) is 13.2 Å². The maximum Gasteiger partial charge on any atom is 0.244 e. The van der Waals surface area contributed by atoms with E-state index < -0.39 is 15.8 Å². The van der Waals surface area contributed by atoms with E-state index >= 15 is 0 Å². The van der Waals surface area contributed by atoms with Gasteiger partial charge in [0.05, 0.1) is 5.02 Å². The van der Waals surface area contributed by atoms with Crippen LogP contribution in [-0.2, 0) is 10.0 Å². The van der Waals surface area contributed by atoms with Crippen molar-refractivity contribution in [2.24, 2.45) is 0 Å². The molecule has 0 heterocycles. The van der Waals surface area contributed by atoms with E-state index in [0.29, 0.717) is 19.4 Å². The first-order chi connectivity index (χ1) is 9.46. The van der Waals surface area contributed by atoms with E-state index in [1.165, 1.54) is 10.4 Å². The van der Waals surface area contributed by atoms with Crippen LogP contribution in [0.3, 0.4) is 0 Å². The summed E-state index contributed by atoms with van der Waals surface area (Å²) in [5.41, 5.74) is 0. The molecule has 0 spiro atoms. The molecule has 0 saturated heterocycles. The molecule has 1 aliphatic carbocycles. The Kier molecular flexibility index (Phi) is 5.01. The second kappa shape index (κ2) is 6.39. The topological polar surface area (TPSA) is 57.6 Å². The third-order valence-corrected chi connectivity index (χ3v) is 5.65. The number of halogens is 2. The Hall–Kier alpha value is -0.690. The summed E-state index contributed by atoms with van der Waals surface area (Å²) < 4.78 is 39.9. The molecule has 0 unspecified atom stereocenters. The third kappa shape index (κ3) is 3.49. The number of hydrogen-bond acceptors (Lipinski definition) is 3. The first-order valence-corrected chi connectivity index (χ1v) is 8.36. The third-order valence-electron chi connectivity index (χ3n) is 3.22. The highest BCUT2D eigenvalue weighted by molar-refractivity contribution is 7.89. The summed E-state index contributed by atoms with van der Waals surface area (Å²) in [5.74, 6) is -0.626. The predicted molar refractivity (Wildman–Crippen MR) is 74.6 cm³/mol. The summed E-state index contributed by atoms with van der Waals surface area (Å²) in [4.78, 5) is -0.185. The number of nitrogens with zero attached hydrogens (tertiary/aromatic N) is 1. The van der Waals surface area contributed by atoms with Crippen molar-refractivity contribution in [1.29, 1.82) is 0 Å². The van der Waals surface area contributed by atoms with Crippen LogP contribution in [-0.4, -0.2) is 37.0 Å². The summed E-state index contributed by atoms with van der Waals surface area (Å²) in [6.07, 6.45) is 2.73. The Morgan fingerprint density at radius 3 is 2.65 bits per heavy atom.